The summed E-state index contributed by atoms with van der Waals surface area (Å²) in [5.74, 6) is -0.0985. The van der Waals surface area contributed by atoms with Crippen LogP contribution in [0.4, 0.5) is 0 Å². The molecule has 7 heteroatoms. The van der Waals surface area contributed by atoms with Crippen molar-refractivity contribution in [2.75, 3.05) is 0 Å². The second-order valence-electron chi connectivity index (χ2n) is 5.52. The molecule has 3 N–H and O–H groups in total. The van der Waals surface area contributed by atoms with Crippen LogP contribution in [-0.2, 0) is 6.54 Å². The molecule has 24 heavy (non-hydrogen) atoms. The van der Waals surface area contributed by atoms with E-state index in [1.807, 2.05) is 23.8 Å². The van der Waals surface area contributed by atoms with Crippen molar-refractivity contribution in [1.29, 1.82) is 0 Å². The number of imidazole rings is 1. The Morgan fingerprint density at radius 3 is 2.96 bits per heavy atom. The fraction of sp³-hybridized carbons (Fsp3) is 0.235. The molecule has 2 heterocycles. The number of phenols is 1. The Balaban J connectivity index is 1.70. The molecule has 1 atom stereocenters. The number of benzene rings is 1. The molecule has 7 nitrogen and oxygen atoms in total. The standard InChI is InChI=1S/C17H19N5O2/c1-2-12(10-22-8-7-18-11-22)19-17(24)15-9-14(20-21-15)13-5-3-4-6-16(13)23/h3-9,11-12,23H,2,10H2,1H3,(H,19,24)(H,20,21). The van der Waals surface area contributed by atoms with Crippen molar-refractivity contribution >= 4 is 5.91 Å². The normalized spacial score (nSPS) is 12.0. The van der Waals surface area contributed by atoms with Gasteiger partial charge >= 0.3 is 0 Å². The third-order valence-corrected chi connectivity index (χ3v) is 3.82. The summed E-state index contributed by atoms with van der Waals surface area (Å²) in [7, 11) is 0. The molecule has 0 saturated heterocycles. The molecule has 0 bridgehead atoms. The maximum atomic E-state index is 12.4. The number of aromatic hydroxyl groups is 1. The second kappa shape index (κ2) is 6.99. The van der Waals surface area contributed by atoms with Gasteiger partial charge in [-0.25, -0.2) is 4.98 Å². The molecule has 3 aromatic rings. The van der Waals surface area contributed by atoms with Crippen molar-refractivity contribution in [2.45, 2.75) is 25.9 Å². The number of aromatic nitrogens is 4. The van der Waals surface area contributed by atoms with Crippen LogP contribution in [0.25, 0.3) is 11.3 Å². The maximum Gasteiger partial charge on any atom is 0.269 e. The van der Waals surface area contributed by atoms with Crippen LogP contribution < -0.4 is 5.32 Å². The minimum atomic E-state index is -0.226. The number of hydrogen-bond acceptors (Lipinski definition) is 4. The molecule has 1 amide bonds. The number of phenolic OH excluding ortho intramolecular Hbond substituents is 1. The van der Waals surface area contributed by atoms with Crippen LogP contribution in [0.1, 0.15) is 23.8 Å². The van der Waals surface area contributed by atoms with Gasteiger partial charge in [0.2, 0.25) is 0 Å². The highest BCUT2D eigenvalue weighted by molar-refractivity contribution is 5.93. The van der Waals surface area contributed by atoms with E-state index in [0.717, 1.165) is 6.42 Å². The number of H-pyrrole nitrogens is 1. The van der Waals surface area contributed by atoms with E-state index in [2.05, 4.69) is 20.5 Å². The summed E-state index contributed by atoms with van der Waals surface area (Å²) in [6.45, 7) is 2.67. The van der Waals surface area contributed by atoms with Gasteiger partial charge in [-0.05, 0) is 24.6 Å². The molecule has 0 aliphatic rings. The number of amides is 1. The first-order valence-electron chi connectivity index (χ1n) is 7.77. The van der Waals surface area contributed by atoms with E-state index in [9.17, 15) is 9.90 Å². The van der Waals surface area contributed by atoms with Gasteiger partial charge in [0.05, 0.1) is 12.0 Å². The summed E-state index contributed by atoms with van der Waals surface area (Å²) in [6.07, 6.45) is 6.09. The number of nitrogens with one attached hydrogen (secondary N) is 2. The van der Waals surface area contributed by atoms with Crippen LogP contribution in [0.15, 0.2) is 49.1 Å². The van der Waals surface area contributed by atoms with Crippen LogP contribution >= 0.6 is 0 Å². The Morgan fingerprint density at radius 2 is 2.25 bits per heavy atom. The average Bonchev–Trinajstić information content (AvgIpc) is 3.26. The molecule has 3 rings (SSSR count). The van der Waals surface area contributed by atoms with Crippen molar-refractivity contribution in [3.63, 3.8) is 0 Å². The molecule has 1 unspecified atom stereocenters. The first-order chi connectivity index (χ1) is 11.7. The lowest BCUT2D eigenvalue weighted by Gasteiger charge is -2.16. The molecule has 0 aliphatic carbocycles. The molecule has 2 aromatic heterocycles. The minimum Gasteiger partial charge on any atom is -0.507 e. The SMILES string of the molecule is CCC(Cn1ccnc1)NC(=O)c1cc(-c2ccccc2O)n[nH]1. The lowest BCUT2D eigenvalue weighted by atomic mass is 10.1. The Hall–Kier alpha value is -3.09. The van der Waals surface area contributed by atoms with Crippen molar-refractivity contribution in [2.24, 2.45) is 0 Å². The van der Waals surface area contributed by atoms with Gasteiger partial charge in [-0.1, -0.05) is 19.1 Å². The van der Waals surface area contributed by atoms with Gasteiger partial charge in [0, 0.05) is 30.5 Å². The number of para-hydroxylation sites is 1. The van der Waals surface area contributed by atoms with E-state index < -0.39 is 0 Å². The Labute approximate surface area is 139 Å². The highest BCUT2D eigenvalue weighted by Crippen LogP contribution is 2.27. The maximum absolute atomic E-state index is 12.4. The third kappa shape index (κ3) is 3.45. The largest absolute Gasteiger partial charge is 0.507 e. The number of carbonyl (C=O) groups is 1. The first kappa shape index (κ1) is 15.8. The van der Waals surface area contributed by atoms with Crippen LogP contribution in [0.3, 0.4) is 0 Å². The quantitative estimate of drug-likeness (QED) is 0.647. The van der Waals surface area contributed by atoms with E-state index in [-0.39, 0.29) is 17.7 Å². The molecular formula is C17H19N5O2. The highest BCUT2D eigenvalue weighted by Gasteiger charge is 2.16. The summed E-state index contributed by atoms with van der Waals surface area (Å²) in [5, 5.41) is 19.7. The molecule has 0 fully saturated rings. The van der Waals surface area contributed by atoms with Crippen molar-refractivity contribution in [3.05, 3.63) is 54.7 Å². The first-order valence-corrected chi connectivity index (χ1v) is 7.77. The van der Waals surface area contributed by atoms with Crippen molar-refractivity contribution in [3.8, 4) is 17.0 Å². The number of aromatic amines is 1. The molecule has 124 valence electrons. The van der Waals surface area contributed by atoms with E-state index in [4.69, 9.17) is 0 Å². The molecule has 0 aliphatic heterocycles. The zero-order valence-corrected chi connectivity index (χ0v) is 13.3. The third-order valence-electron chi connectivity index (χ3n) is 3.82. The number of rotatable bonds is 6. The van der Waals surface area contributed by atoms with E-state index in [1.54, 1.807) is 36.8 Å². The van der Waals surface area contributed by atoms with Gasteiger partial charge in [0.25, 0.3) is 5.91 Å². The van der Waals surface area contributed by atoms with Gasteiger partial charge in [0.1, 0.15) is 11.4 Å². The predicted octanol–water partition coefficient (Wildman–Crippen LogP) is 2.19. The predicted molar refractivity (Wildman–Crippen MR) is 89.5 cm³/mol. The lowest BCUT2D eigenvalue weighted by molar-refractivity contribution is 0.0926. The van der Waals surface area contributed by atoms with E-state index in [1.165, 1.54) is 0 Å². The fourth-order valence-corrected chi connectivity index (χ4v) is 2.46. The molecule has 0 radical (unpaired) electrons. The monoisotopic (exact) mass is 325 g/mol. The van der Waals surface area contributed by atoms with Gasteiger partial charge in [-0.3, -0.25) is 9.89 Å². The van der Waals surface area contributed by atoms with Gasteiger partial charge in [-0.2, -0.15) is 5.10 Å². The molecular weight excluding hydrogens is 306 g/mol. The highest BCUT2D eigenvalue weighted by atomic mass is 16.3. The summed E-state index contributed by atoms with van der Waals surface area (Å²) >= 11 is 0. The Morgan fingerprint density at radius 1 is 1.42 bits per heavy atom. The van der Waals surface area contributed by atoms with E-state index >= 15 is 0 Å². The zero-order valence-electron chi connectivity index (χ0n) is 13.3. The molecule has 0 saturated carbocycles. The van der Waals surface area contributed by atoms with E-state index in [0.29, 0.717) is 23.5 Å². The molecule has 0 spiro atoms. The number of nitrogens with zero attached hydrogens (tertiary/aromatic N) is 3. The van der Waals surface area contributed by atoms with Crippen molar-refractivity contribution < 1.29 is 9.90 Å². The van der Waals surface area contributed by atoms with Crippen molar-refractivity contribution in [1.82, 2.24) is 25.1 Å². The molecule has 1 aromatic carbocycles. The van der Waals surface area contributed by atoms with Crippen LogP contribution in [0.5, 0.6) is 5.75 Å². The summed E-state index contributed by atoms with van der Waals surface area (Å²) in [5.41, 5.74) is 1.47. The summed E-state index contributed by atoms with van der Waals surface area (Å²) < 4.78 is 1.93. The van der Waals surface area contributed by atoms with Gasteiger partial charge < -0.3 is 15.0 Å². The van der Waals surface area contributed by atoms with Crippen LogP contribution in [0, 0.1) is 0 Å². The fourth-order valence-electron chi connectivity index (χ4n) is 2.46. The van der Waals surface area contributed by atoms with Gasteiger partial charge in [-0.15, -0.1) is 0 Å². The lowest BCUT2D eigenvalue weighted by Crippen LogP contribution is -2.37. The summed E-state index contributed by atoms with van der Waals surface area (Å²) in [6, 6.07) is 8.50. The second-order valence-corrected chi connectivity index (χ2v) is 5.52. The Bertz CT molecular complexity index is 810. The topological polar surface area (TPSA) is 95.8 Å². The number of hydrogen-bond donors (Lipinski definition) is 3. The Kier molecular flexibility index (Phi) is 4.60. The van der Waals surface area contributed by atoms with Crippen LogP contribution in [-0.4, -0.2) is 36.8 Å². The summed E-state index contributed by atoms with van der Waals surface area (Å²) in [4.78, 5) is 16.4. The van der Waals surface area contributed by atoms with Crippen LogP contribution in [0.2, 0.25) is 0 Å². The smallest absolute Gasteiger partial charge is 0.269 e. The minimum absolute atomic E-state index is 0.0106. The zero-order chi connectivity index (χ0) is 16.9. The number of carbonyl (C=O) groups excluding carboxylic acids is 1. The van der Waals surface area contributed by atoms with Gasteiger partial charge in [0.15, 0.2) is 0 Å². The average molecular weight is 325 g/mol.